The quantitative estimate of drug-likeness (QED) is 0.729. The van der Waals surface area contributed by atoms with Gasteiger partial charge >= 0.3 is 0 Å². The van der Waals surface area contributed by atoms with Crippen LogP contribution in [-0.2, 0) is 5.41 Å². The van der Waals surface area contributed by atoms with Crippen LogP contribution >= 0.6 is 23.6 Å². The molecule has 1 aliphatic carbocycles. The monoisotopic (exact) mass is 324 g/mol. The number of rotatable bonds is 1. The fourth-order valence-electron chi connectivity index (χ4n) is 3.76. The Balaban J connectivity index is 1.81. The lowest BCUT2D eigenvalue weighted by molar-refractivity contribution is 0.389. The standard InChI is InChI=1S/C18H16N2S2/c19-10-12-8-16(22-11-12)13-4-5-15-14(9-13)18(17(21)20-15)6-2-1-3-7-18/h4-5,8-9,11H,1-3,6-7H2,(H,20,21). The van der Waals surface area contributed by atoms with E-state index in [1.165, 1.54) is 36.1 Å². The smallest absolute Gasteiger partial charge is 0.100 e. The van der Waals surface area contributed by atoms with Crippen LogP contribution < -0.4 is 5.32 Å². The first-order valence-corrected chi connectivity index (χ1v) is 8.97. The Bertz CT molecular complexity index is 792. The summed E-state index contributed by atoms with van der Waals surface area (Å²) >= 11 is 7.32. The van der Waals surface area contributed by atoms with Gasteiger partial charge in [-0.25, -0.2) is 0 Å². The summed E-state index contributed by atoms with van der Waals surface area (Å²) in [7, 11) is 0. The molecule has 1 saturated carbocycles. The van der Waals surface area contributed by atoms with Crippen LogP contribution in [0.1, 0.15) is 43.2 Å². The van der Waals surface area contributed by atoms with Crippen molar-refractivity contribution in [2.24, 2.45) is 0 Å². The second-order valence-electron chi connectivity index (χ2n) is 6.17. The van der Waals surface area contributed by atoms with E-state index in [9.17, 15) is 0 Å². The number of fused-ring (bicyclic) bond motifs is 2. The first kappa shape index (κ1) is 13.9. The maximum absolute atomic E-state index is 9.02. The predicted molar refractivity (Wildman–Crippen MR) is 95.5 cm³/mol. The molecule has 0 atom stereocenters. The van der Waals surface area contributed by atoms with Crippen LogP contribution in [0.5, 0.6) is 0 Å². The van der Waals surface area contributed by atoms with Crippen molar-refractivity contribution in [1.29, 1.82) is 5.26 Å². The average Bonchev–Trinajstić information content (AvgIpc) is 3.13. The van der Waals surface area contributed by atoms with E-state index in [0.29, 0.717) is 0 Å². The highest BCUT2D eigenvalue weighted by molar-refractivity contribution is 7.80. The van der Waals surface area contributed by atoms with Crippen LogP contribution in [0.3, 0.4) is 0 Å². The normalized spacial score (nSPS) is 18.8. The Morgan fingerprint density at radius 2 is 2.00 bits per heavy atom. The summed E-state index contributed by atoms with van der Waals surface area (Å²) in [4.78, 5) is 2.16. The fourth-order valence-corrected chi connectivity index (χ4v) is 5.02. The van der Waals surface area contributed by atoms with Gasteiger partial charge in [0.05, 0.1) is 10.6 Å². The molecule has 4 rings (SSSR count). The molecule has 1 N–H and O–H groups in total. The zero-order valence-corrected chi connectivity index (χ0v) is 13.8. The summed E-state index contributed by atoms with van der Waals surface area (Å²) < 4.78 is 0. The molecule has 0 bridgehead atoms. The fraction of sp³-hybridized carbons (Fsp3) is 0.333. The van der Waals surface area contributed by atoms with Crippen LogP contribution in [0.15, 0.2) is 29.6 Å². The van der Waals surface area contributed by atoms with Crippen LogP contribution in [0.2, 0.25) is 0 Å². The molecule has 0 unspecified atom stereocenters. The van der Waals surface area contributed by atoms with Crippen molar-refractivity contribution in [3.05, 3.63) is 40.8 Å². The molecule has 2 nitrogen and oxygen atoms in total. The summed E-state index contributed by atoms with van der Waals surface area (Å²) in [5.41, 5.74) is 4.52. The molecule has 1 fully saturated rings. The van der Waals surface area contributed by atoms with Crippen molar-refractivity contribution >= 4 is 34.2 Å². The van der Waals surface area contributed by atoms with Crippen molar-refractivity contribution in [2.45, 2.75) is 37.5 Å². The van der Waals surface area contributed by atoms with Gasteiger partial charge in [-0.15, -0.1) is 11.3 Å². The van der Waals surface area contributed by atoms with Gasteiger partial charge in [0.1, 0.15) is 6.07 Å². The summed E-state index contributed by atoms with van der Waals surface area (Å²) in [5, 5.41) is 14.4. The van der Waals surface area contributed by atoms with Gasteiger partial charge in [0.15, 0.2) is 0 Å². The molecule has 1 aromatic carbocycles. The van der Waals surface area contributed by atoms with E-state index in [-0.39, 0.29) is 5.41 Å². The predicted octanol–water partition coefficient (Wildman–Crippen LogP) is 5.24. The SMILES string of the molecule is N#Cc1csc(-c2ccc3c(c2)C2(CCCCC2)C(=S)N3)c1. The molecular formula is C18H16N2S2. The van der Waals surface area contributed by atoms with Crippen molar-refractivity contribution in [1.82, 2.24) is 0 Å². The van der Waals surface area contributed by atoms with E-state index in [1.54, 1.807) is 11.3 Å². The number of hydrogen-bond donors (Lipinski definition) is 1. The van der Waals surface area contributed by atoms with Crippen LogP contribution in [0.25, 0.3) is 10.4 Å². The van der Waals surface area contributed by atoms with Gasteiger partial charge in [-0.05, 0) is 42.2 Å². The maximum atomic E-state index is 9.02. The Hall–Kier alpha value is -1.70. The second-order valence-corrected chi connectivity index (χ2v) is 7.49. The minimum absolute atomic E-state index is 0.0498. The van der Waals surface area contributed by atoms with Crippen LogP contribution in [-0.4, -0.2) is 4.99 Å². The van der Waals surface area contributed by atoms with Gasteiger partial charge in [-0.3, -0.25) is 0 Å². The summed E-state index contributed by atoms with van der Waals surface area (Å²) in [6.07, 6.45) is 6.13. The van der Waals surface area contributed by atoms with Gasteiger partial charge in [0.2, 0.25) is 0 Å². The number of nitrogens with zero attached hydrogens (tertiary/aromatic N) is 1. The topological polar surface area (TPSA) is 35.8 Å². The Labute approximate surface area is 139 Å². The summed E-state index contributed by atoms with van der Waals surface area (Å²) in [5.74, 6) is 0. The highest BCUT2D eigenvalue weighted by Gasteiger charge is 2.44. The molecule has 22 heavy (non-hydrogen) atoms. The molecule has 2 aromatic rings. The molecular weight excluding hydrogens is 308 g/mol. The number of thiocarbonyl (C=S) groups is 1. The van der Waals surface area contributed by atoms with Gasteiger partial charge < -0.3 is 5.32 Å². The lowest BCUT2D eigenvalue weighted by atomic mass is 9.70. The molecule has 4 heteroatoms. The van der Waals surface area contributed by atoms with Crippen molar-refractivity contribution < 1.29 is 0 Å². The first-order valence-electron chi connectivity index (χ1n) is 7.68. The van der Waals surface area contributed by atoms with E-state index < -0.39 is 0 Å². The zero-order chi connectivity index (χ0) is 15.2. The average molecular weight is 324 g/mol. The van der Waals surface area contributed by atoms with E-state index in [0.717, 1.165) is 28.3 Å². The second kappa shape index (κ2) is 5.19. The number of benzene rings is 1. The van der Waals surface area contributed by atoms with E-state index in [1.807, 2.05) is 11.4 Å². The molecule has 0 radical (unpaired) electrons. The molecule has 2 aliphatic rings. The number of nitrogens with one attached hydrogen (secondary N) is 1. The molecule has 0 amide bonds. The van der Waals surface area contributed by atoms with E-state index >= 15 is 0 Å². The highest BCUT2D eigenvalue weighted by Crippen LogP contribution is 2.49. The lowest BCUT2D eigenvalue weighted by Gasteiger charge is -2.33. The minimum atomic E-state index is 0.0498. The molecule has 1 spiro atoms. The lowest BCUT2D eigenvalue weighted by Crippen LogP contribution is -2.35. The molecule has 110 valence electrons. The van der Waals surface area contributed by atoms with Gasteiger partial charge in [0, 0.05) is 21.4 Å². The molecule has 1 aromatic heterocycles. The number of thiophene rings is 1. The molecule has 2 heterocycles. The van der Waals surface area contributed by atoms with Crippen molar-refractivity contribution in [2.75, 3.05) is 5.32 Å². The zero-order valence-electron chi connectivity index (χ0n) is 12.2. The third-order valence-corrected chi connectivity index (χ3v) is 6.41. The Kier molecular flexibility index (Phi) is 3.28. The first-order chi connectivity index (χ1) is 10.7. The highest BCUT2D eigenvalue weighted by atomic mass is 32.1. The Morgan fingerprint density at radius 1 is 1.18 bits per heavy atom. The van der Waals surface area contributed by atoms with Crippen LogP contribution in [0, 0.1) is 11.3 Å². The summed E-state index contributed by atoms with van der Waals surface area (Å²) in [6.45, 7) is 0. The van der Waals surface area contributed by atoms with Crippen molar-refractivity contribution in [3.63, 3.8) is 0 Å². The summed E-state index contributed by atoms with van der Waals surface area (Å²) in [6, 6.07) is 10.7. The minimum Gasteiger partial charge on any atom is -0.349 e. The number of hydrogen-bond acceptors (Lipinski definition) is 3. The van der Waals surface area contributed by atoms with E-state index in [4.69, 9.17) is 17.5 Å². The van der Waals surface area contributed by atoms with E-state index in [2.05, 4.69) is 29.6 Å². The van der Waals surface area contributed by atoms with Gasteiger partial charge in [-0.2, -0.15) is 5.26 Å². The number of nitriles is 1. The largest absolute Gasteiger partial charge is 0.349 e. The van der Waals surface area contributed by atoms with Gasteiger partial charge in [-0.1, -0.05) is 37.5 Å². The van der Waals surface area contributed by atoms with Crippen molar-refractivity contribution in [3.8, 4) is 16.5 Å². The Morgan fingerprint density at radius 3 is 2.73 bits per heavy atom. The number of anilines is 1. The molecule has 0 saturated heterocycles. The maximum Gasteiger partial charge on any atom is 0.100 e. The van der Waals surface area contributed by atoms with Crippen LogP contribution in [0.4, 0.5) is 5.69 Å². The van der Waals surface area contributed by atoms with Gasteiger partial charge in [0.25, 0.3) is 0 Å². The third kappa shape index (κ3) is 2.00. The third-order valence-electron chi connectivity index (χ3n) is 4.94. The molecule has 1 aliphatic heterocycles.